The highest BCUT2D eigenvalue weighted by Crippen LogP contribution is 2.15. The van der Waals surface area contributed by atoms with Crippen molar-refractivity contribution in [3.05, 3.63) is 29.1 Å². The van der Waals surface area contributed by atoms with Crippen LogP contribution in [-0.4, -0.2) is 4.37 Å². The monoisotopic (exact) mass is 160 g/mol. The molecule has 2 nitrogen and oxygen atoms in total. The molecule has 0 saturated heterocycles. The van der Waals surface area contributed by atoms with Gasteiger partial charge in [-0.05, 0) is 23.7 Å². The van der Waals surface area contributed by atoms with Gasteiger partial charge in [-0.1, -0.05) is 6.07 Å². The summed E-state index contributed by atoms with van der Waals surface area (Å²) in [6.07, 6.45) is 0. The maximum absolute atomic E-state index is 8.56. The summed E-state index contributed by atoms with van der Waals surface area (Å²) < 4.78 is 4.12. The van der Waals surface area contributed by atoms with E-state index in [9.17, 15) is 0 Å². The molecule has 3 heteroatoms. The Morgan fingerprint density at radius 2 is 2.36 bits per heavy atom. The summed E-state index contributed by atoms with van der Waals surface area (Å²) in [5, 5.41) is 11.6. The van der Waals surface area contributed by atoms with Crippen LogP contribution < -0.4 is 0 Å². The Morgan fingerprint density at radius 1 is 1.45 bits per heavy atom. The maximum Gasteiger partial charge on any atom is 0.0992 e. The first-order valence-corrected chi connectivity index (χ1v) is 3.98. The van der Waals surface area contributed by atoms with Crippen LogP contribution in [0.2, 0.25) is 0 Å². The number of hydrogen-bond donors (Lipinski definition) is 0. The van der Waals surface area contributed by atoms with Crippen LogP contribution in [0, 0.1) is 11.3 Å². The van der Waals surface area contributed by atoms with Crippen molar-refractivity contribution in [2.24, 2.45) is 0 Å². The Balaban J connectivity index is 2.79. The second kappa shape index (κ2) is 2.33. The van der Waals surface area contributed by atoms with E-state index in [1.54, 1.807) is 12.1 Å². The van der Waals surface area contributed by atoms with Crippen LogP contribution in [0.15, 0.2) is 23.6 Å². The fraction of sp³-hybridized carbons (Fsp3) is 0. The second-order valence-corrected chi connectivity index (χ2v) is 2.83. The number of aromatic nitrogens is 1. The third kappa shape index (κ3) is 0.975. The molecule has 2 rings (SSSR count). The lowest BCUT2D eigenvalue weighted by atomic mass is 10.2. The molecule has 2 aromatic rings. The molecule has 0 amide bonds. The molecular formula is C8H4N2S. The minimum atomic E-state index is 0.670. The van der Waals surface area contributed by atoms with Crippen LogP contribution >= 0.6 is 11.5 Å². The van der Waals surface area contributed by atoms with Gasteiger partial charge in [0.2, 0.25) is 0 Å². The van der Waals surface area contributed by atoms with Crippen molar-refractivity contribution >= 4 is 22.4 Å². The first-order chi connectivity index (χ1) is 5.40. The zero-order valence-electron chi connectivity index (χ0n) is 5.61. The van der Waals surface area contributed by atoms with Gasteiger partial charge < -0.3 is 0 Å². The Kier molecular flexibility index (Phi) is 1.34. The average molecular weight is 160 g/mol. The molecule has 0 aliphatic heterocycles. The quantitative estimate of drug-likeness (QED) is 0.592. The summed E-state index contributed by atoms with van der Waals surface area (Å²) in [6, 6.07) is 7.59. The smallest absolute Gasteiger partial charge is 0.0992 e. The minimum absolute atomic E-state index is 0.670. The van der Waals surface area contributed by atoms with Crippen LogP contribution in [0.5, 0.6) is 0 Å². The summed E-state index contributed by atoms with van der Waals surface area (Å²) in [5.74, 6) is 0. The average Bonchev–Trinajstić information content (AvgIpc) is 2.50. The molecule has 0 saturated carbocycles. The van der Waals surface area contributed by atoms with Crippen molar-refractivity contribution < 1.29 is 0 Å². The fourth-order valence-electron chi connectivity index (χ4n) is 0.932. The van der Waals surface area contributed by atoms with Crippen molar-refractivity contribution in [3.63, 3.8) is 0 Å². The Hall–Kier alpha value is -1.40. The van der Waals surface area contributed by atoms with Gasteiger partial charge in [0.25, 0.3) is 0 Å². The van der Waals surface area contributed by atoms with E-state index in [0.29, 0.717) is 5.56 Å². The first-order valence-electron chi connectivity index (χ1n) is 3.14. The third-order valence-corrected chi connectivity index (χ3v) is 2.15. The van der Waals surface area contributed by atoms with Gasteiger partial charge in [-0.25, -0.2) is 0 Å². The molecule has 0 fully saturated rings. The summed E-state index contributed by atoms with van der Waals surface area (Å²) in [7, 11) is 0. The Labute approximate surface area is 67.9 Å². The van der Waals surface area contributed by atoms with Gasteiger partial charge in [0.05, 0.1) is 17.1 Å². The lowest BCUT2D eigenvalue weighted by Gasteiger charge is -1.86. The largest absolute Gasteiger partial charge is 0.193 e. The molecule has 0 spiro atoms. The number of nitriles is 1. The van der Waals surface area contributed by atoms with Crippen LogP contribution in [0.4, 0.5) is 0 Å². The zero-order valence-corrected chi connectivity index (χ0v) is 6.43. The van der Waals surface area contributed by atoms with E-state index in [2.05, 4.69) is 10.4 Å². The van der Waals surface area contributed by atoms with Crippen molar-refractivity contribution in [2.45, 2.75) is 0 Å². The SMILES string of the molecule is N#Cc1ccc2csnc2c1. The Morgan fingerprint density at radius 3 is 3.18 bits per heavy atom. The predicted octanol–water partition coefficient (Wildman–Crippen LogP) is 2.17. The normalized spacial score (nSPS) is 9.73. The molecule has 11 heavy (non-hydrogen) atoms. The van der Waals surface area contributed by atoms with Gasteiger partial charge in [0, 0.05) is 10.8 Å². The number of nitrogens with zero attached hydrogens (tertiary/aromatic N) is 2. The highest BCUT2D eigenvalue weighted by molar-refractivity contribution is 7.04. The van der Waals surface area contributed by atoms with E-state index in [-0.39, 0.29) is 0 Å². The van der Waals surface area contributed by atoms with E-state index in [0.717, 1.165) is 10.9 Å². The second-order valence-electron chi connectivity index (χ2n) is 2.20. The molecule has 0 aliphatic carbocycles. The molecule has 1 aromatic carbocycles. The molecule has 1 aromatic heterocycles. The predicted molar refractivity (Wildman–Crippen MR) is 44.3 cm³/mol. The molecule has 1 heterocycles. The lowest BCUT2D eigenvalue weighted by molar-refractivity contribution is 1.49. The Bertz CT molecular complexity index is 425. The van der Waals surface area contributed by atoms with E-state index < -0.39 is 0 Å². The summed E-state index contributed by atoms with van der Waals surface area (Å²) in [6.45, 7) is 0. The van der Waals surface area contributed by atoms with E-state index in [4.69, 9.17) is 5.26 Å². The van der Waals surface area contributed by atoms with E-state index in [1.165, 1.54) is 11.5 Å². The molecule has 0 N–H and O–H groups in total. The molecule has 0 atom stereocenters. The lowest BCUT2D eigenvalue weighted by Crippen LogP contribution is -1.72. The van der Waals surface area contributed by atoms with Crippen molar-refractivity contribution in [2.75, 3.05) is 0 Å². The molecule has 52 valence electrons. The summed E-state index contributed by atoms with van der Waals surface area (Å²) in [4.78, 5) is 0. The third-order valence-electron chi connectivity index (χ3n) is 1.49. The fourth-order valence-corrected chi connectivity index (χ4v) is 1.57. The van der Waals surface area contributed by atoms with E-state index in [1.807, 2.05) is 11.4 Å². The van der Waals surface area contributed by atoms with Crippen molar-refractivity contribution in [1.82, 2.24) is 4.37 Å². The maximum atomic E-state index is 8.56. The number of benzene rings is 1. The van der Waals surface area contributed by atoms with Crippen molar-refractivity contribution in [3.8, 4) is 6.07 Å². The van der Waals surface area contributed by atoms with Gasteiger partial charge in [-0.15, -0.1) is 0 Å². The van der Waals surface area contributed by atoms with Gasteiger partial charge in [0.15, 0.2) is 0 Å². The van der Waals surface area contributed by atoms with Gasteiger partial charge in [-0.2, -0.15) is 9.64 Å². The summed E-state index contributed by atoms with van der Waals surface area (Å²) in [5.41, 5.74) is 1.58. The zero-order chi connectivity index (χ0) is 7.68. The summed E-state index contributed by atoms with van der Waals surface area (Å²) >= 11 is 1.41. The highest BCUT2D eigenvalue weighted by Gasteiger charge is 1.96. The first kappa shape index (κ1) is 6.32. The van der Waals surface area contributed by atoms with Gasteiger partial charge in [0.1, 0.15) is 0 Å². The highest BCUT2D eigenvalue weighted by atomic mass is 32.1. The molecular weight excluding hydrogens is 156 g/mol. The number of rotatable bonds is 0. The van der Waals surface area contributed by atoms with Crippen LogP contribution in [0.1, 0.15) is 5.56 Å². The molecule has 0 aliphatic rings. The minimum Gasteiger partial charge on any atom is -0.193 e. The molecule has 0 unspecified atom stereocenters. The van der Waals surface area contributed by atoms with Crippen LogP contribution in [0.3, 0.4) is 0 Å². The number of fused-ring (bicyclic) bond motifs is 1. The standard InChI is InChI=1S/C8H4N2S/c9-4-6-1-2-7-5-11-10-8(7)3-6/h1-3,5H. The number of hydrogen-bond acceptors (Lipinski definition) is 3. The van der Waals surface area contributed by atoms with Gasteiger partial charge in [-0.3, -0.25) is 0 Å². The molecule has 0 bridgehead atoms. The van der Waals surface area contributed by atoms with Crippen LogP contribution in [0.25, 0.3) is 10.9 Å². The molecule has 0 radical (unpaired) electrons. The topological polar surface area (TPSA) is 36.7 Å². The van der Waals surface area contributed by atoms with Crippen LogP contribution in [-0.2, 0) is 0 Å². The van der Waals surface area contributed by atoms with Crippen molar-refractivity contribution in [1.29, 1.82) is 5.26 Å². The van der Waals surface area contributed by atoms with Gasteiger partial charge >= 0.3 is 0 Å². The van der Waals surface area contributed by atoms with E-state index >= 15 is 0 Å².